The van der Waals surface area contributed by atoms with Crippen molar-refractivity contribution < 1.29 is 4.79 Å². The number of carbonyl (C=O) groups excluding carboxylic acids is 1. The van der Waals surface area contributed by atoms with Crippen LogP contribution in [0.3, 0.4) is 0 Å². The van der Waals surface area contributed by atoms with E-state index in [0.717, 1.165) is 12.8 Å². The molecule has 0 spiro atoms. The molecule has 0 bridgehead atoms. The van der Waals surface area contributed by atoms with Crippen molar-refractivity contribution in [2.75, 3.05) is 5.32 Å². The number of hydrogen-bond donors (Lipinski definition) is 3. The molecule has 6 heteroatoms. The molecule has 0 saturated heterocycles. The van der Waals surface area contributed by atoms with Crippen LogP contribution in [0.15, 0.2) is 6.33 Å². The topological polar surface area (TPSA) is 82.7 Å². The van der Waals surface area contributed by atoms with Crippen LogP contribution in [-0.2, 0) is 0 Å². The SMILES string of the molecule is O=C(Nc1ncn[nH]1)NC1CCCCC1. The minimum Gasteiger partial charge on any atom is -0.335 e. The Hall–Kier alpha value is -1.59. The van der Waals surface area contributed by atoms with Crippen molar-refractivity contribution in [3.8, 4) is 0 Å². The summed E-state index contributed by atoms with van der Waals surface area (Å²) in [5.41, 5.74) is 0. The van der Waals surface area contributed by atoms with Gasteiger partial charge in [-0.15, -0.1) is 0 Å². The molecule has 0 atom stereocenters. The van der Waals surface area contributed by atoms with Gasteiger partial charge in [0.25, 0.3) is 0 Å². The average Bonchev–Trinajstić information content (AvgIpc) is 2.71. The lowest BCUT2D eigenvalue weighted by Crippen LogP contribution is -2.39. The summed E-state index contributed by atoms with van der Waals surface area (Å²) < 4.78 is 0. The molecule has 82 valence electrons. The molecule has 1 fully saturated rings. The third-order valence-corrected chi connectivity index (χ3v) is 2.59. The van der Waals surface area contributed by atoms with Crippen molar-refractivity contribution in [3.63, 3.8) is 0 Å². The van der Waals surface area contributed by atoms with Crippen LogP contribution < -0.4 is 10.6 Å². The fraction of sp³-hybridized carbons (Fsp3) is 0.667. The molecule has 1 saturated carbocycles. The Kier molecular flexibility index (Phi) is 3.16. The molecule has 1 aromatic rings. The number of rotatable bonds is 2. The molecule has 0 aliphatic heterocycles. The van der Waals surface area contributed by atoms with E-state index in [4.69, 9.17) is 0 Å². The van der Waals surface area contributed by atoms with Gasteiger partial charge in [-0.1, -0.05) is 19.3 Å². The van der Waals surface area contributed by atoms with Crippen molar-refractivity contribution in [2.24, 2.45) is 0 Å². The van der Waals surface area contributed by atoms with E-state index in [0.29, 0.717) is 12.0 Å². The van der Waals surface area contributed by atoms with Gasteiger partial charge >= 0.3 is 6.03 Å². The first-order chi connectivity index (χ1) is 7.34. The van der Waals surface area contributed by atoms with Crippen LogP contribution in [0.1, 0.15) is 32.1 Å². The quantitative estimate of drug-likeness (QED) is 0.685. The molecular formula is C9H15N5O. The van der Waals surface area contributed by atoms with E-state index in [2.05, 4.69) is 25.8 Å². The van der Waals surface area contributed by atoms with Gasteiger partial charge in [0.1, 0.15) is 6.33 Å². The second-order valence-electron chi connectivity index (χ2n) is 3.77. The molecule has 2 rings (SSSR count). The molecule has 2 amide bonds. The van der Waals surface area contributed by atoms with Gasteiger partial charge < -0.3 is 5.32 Å². The first-order valence-electron chi connectivity index (χ1n) is 5.27. The molecule has 1 heterocycles. The predicted molar refractivity (Wildman–Crippen MR) is 55.4 cm³/mol. The minimum atomic E-state index is -0.210. The van der Waals surface area contributed by atoms with Crippen molar-refractivity contribution >= 4 is 12.0 Å². The maximum absolute atomic E-state index is 11.5. The molecule has 0 radical (unpaired) electrons. The Bertz CT molecular complexity index is 304. The lowest BCUT2D eigenvalue weighted by Gasteiger charge is -2.22. The minimum absolute atomic E-state index is 0.210. The molecule has 3 N–H and O–H groups in total. The van der Waals surface area contributed by atoms with Crippen molar-refractivity contribution in [1.82, 2.24) is 20.5 Å². The molecule has 1 aliphatic rings. The number of amides is 2. The molecular weight excluding hydrogens is 194 g/mol. The summed E-state index contributed by atoms with van der Waals surface area (Å²) in [6.07, 6.45) is 7.19. The van der Waals surface area contributed by atoms with Gasteiger partial charge in [-0.25, -0.2) is 9.89 Å². The van der Waals surface area contributed by atoms with Crippen molar-refractivity contribution in [2.45, 2.75) is 38.1 Å². The standard InChI is InChI=1S/C9H15N5O/c15-9(13-8-10-6-11-14-8)12-7-4-2-1-3-5-7/h6-7H,1-5H2,(H3,10,11,12,13,14,15). The van der Waals surface area contributed by atoms with Crippen LogP contribution in [0.2, 0.25) is 0 Å². The van der Waals surface area contributed by atoms with Gasteiger partial charge in [-0.3, -0.25) is 5.32 Å². The van der Waals surface area contributed by atoms with Gasteiger partial charge in [-0.05, 0) is 12.8 Å². The number of aromatic nitrogens is 3. The van der Waals surface area contributed by atoms with Crippen LogP contribution in [0, 0.1) is 0 Å². The van der Waals surface area contributed by atoms with Crippen LogP contribution >= 0.6 is 0 Å². The zero-order chi connectivity index (χ0) is 10.5. The molecule has 0 unspecified atom stereocenters. The molecule has 0 aromatic carbocycles. The number of hydrogen-bond acceptors (Lipinski definition) is 3. The number of aromatic amines is 1. The number of nitrogens with zero attached hydrogens (tertiary/aromatic N) is 2. The summed E-state index contributed by atoms with van der Waals surface area (Å²) in [5, 5.41) is 11.7. The second-order valence-corrected chi connectivity index (χ2v) is 3.77. The Morgan fingerprint density at radius 2 is 2.20 bits per heavy atom. The summed E-state index contributed by atoms with van der Waals surface area (Å²) in [5.74, 6) is 0.378. The highest BCUT2D eigenvalue weighted by Gasteiger charge is 2.15. The zero-order valence-corrected chi connectivity index (χ0v) is 8.49. The lowest BCUT2D eigenvalue weighted by atomic mass is 9.96. The summed E-state index contributed by atoms with van der Waals surface area (Å²) >= 11 is 0. The average molecular weight is 209 g/mol. The monoisotopic (exact) mass is 209 g/mol. The maximum Gasteiger partial charge on any atom is 0.321 e. The van der Waals surface area contributed by atoms with Gasteiger partial charge in [0.05, 0.1) is 0 Å². The van der Waals surface area contributed by atoms with Gasteiger partial charge in [0.15, 0.2) is 0 Å². The van der Waals surface area contributed by atoms with E-state index in [9.17, 15) is 4.79 Å². The summed E-state index contributed by atoms with van der Waals surface area (Å²) in [6.45, 7) is 0. The molecule has 6 nitrogen and oxygen atoms in total. The highest BCUT2D eigenvalue weighted by Crippen LogP contribution is 2.17. The van der Waals surface area contributed by atoms with E-state index in [1.54, 1.807) is 0 Å². The number of H-pyrrole nitrogens is 1. The van der Waals surface area contributed by atoms with Gasteiger partial charge in [-0.2, -0.15) is 10.1 Å². The third-order valence-electron chi connectivity index (χ3n) is 2.59. The fourth-order valence-electron chi connectivity index (χ4n) is 1.84. The Balaban J connectivity index is 1.76. The Labute approximate surface area is 87.9 Å². The van der Waals surface area contributed by atoms with E-state index in [1.807, 2.05) is 0 Å². The largest absolute Gasteiger partial charge is 0.335 e. The number of nitrogens with one attached hydrogen (secondary N) is 3. The fourth-order valence-corrected chi connectivity index (χ4v) is 1.84. The van der Waals surface area contributed by atoms with Crippen molar-refractivity contribution in [1.29, 1.82) is 0 Å². The summed E-state index contributed by atoms with van der Waals surface area (Å²) in [7, 11) is 0. The van der Waals surface area contributed by atoms with Crippen molar-refractivity contribution in [3.05, 3.63) is 6.33 Å². The number of carbonyl (C=O) groups is 1. The number of urea groups is 1. The Morgan fingerprint density at radius 1 is 1.40 bits per heavy atom. The molecule has 1 aliphatic carbocycles. The maximum atomic E-state index is 11.5. The first-order valence-corrected chi connectivity index (χ1v) is 5.27. The van der Waals surface area contributed by atoms with Crippen LogP contribution in [-0.4, -0.2) is 27.3 Å². The van der Waals surface area contributed by atoms with Crippen LogP contribution in [0.5, 0.6) is 0 Å². The Morgan fingerprint density at radius 3 is 2.87 bits per heavy atom. The summed E-state index contributed by atoms with van der Waals surface area (Å²) in [4.78, 5) is 15.3. The normalized spacial score (nSPS) is 17.3. The second kappa shape index (κ2) is 4.77. The van der Waals surface area contributed by atoms with E-state index >= 15 is 0 Å². The highest BCUT2D eigenvalue weighted by molar-refractivity contribution is 5.87. The van der Waals surface area contributed by atoms with Gasteiger partial charge in [0, 0.05) is 6.04 Å². The van der Waals surface area contributed by atoms with E-state index < -0.39 is 0 Å². The molecule has 1 aromatic heterocycles. The van der Waals surface area contributed by atoms with Crippen LogP contribution in [0.25, 0.3) is 0 Å². The number of anilines is 1. The third kappa shape index (κ3) is 2.93. The first kappa shape index (κ1) is 9.95. The van der Waals surface area contributed by atoms with Gasteiger partial charge in [0.2, 0.25) is 5.95 Å². The van der Waals surface area contributed by atoms with E-state index in [1.165, 1.54) is 25.6 Å². The predicted octanol–water partition coefficient (Wildman–Crippen LogP) is 1.26. The zero-order valence-electron chi connectivity index (χ0n) is 8.49. The molecule has 15 heavy (non-hydrogen) atoms. The summed E-state index contributed by atoms with van der Waals surface area (Å²) in [6, 6.07) is 0.0975. The van der Waals surface area contributed by atoms with Crippen LogP contribution in [0.4, 0.5) is 10.7 Å². The smallest absolute Gasteiger partial charge is 0.321 e. The highest BCUT2D eigenvalue weighted by atomic mass is 16.2. The lowest BCUT2D eigenvalue weighted by molar-refractivity contribution is 0.244. The van der Waals surface area contributed by atoms with E-state index in [-0.39, 0.29) is 6.03 Å².